The van der Waals surface area contributed by atoms with Crippen molar-refractivity contribution in [1.82, 2.24) is 16.2 Å². The maximum Gasteiger partial charge on any atom is 0.276 e. The highest BCUT2D eigenvalue weighted by molar-refractivity contribution is 9.10. The number of benzene rings is 2. The van der Waals surface area contributed by atoms with Gasteiger partial charge in [0.1, 0.15) is 11.5 Å². The van der Waals surface area contributed by atoms with Gasteiger partial charge >= 0.3 is 0 Å². The molecule has 3 N–H and O–H groups in total. The van der Waals surface area contributed by atoms with E-state index in [4.69, 9.17) is 33.3 Å². The molecule has 0 aromatic heterocycles. The fourth-order valence-electron chi connectivity index (χ4n) is 2.24. The fraction of sp³-hybridized carbons (Fsp3) is 0.250. The summed E-state index contributed by atoms with van der Waals surface area (Å²) in [5, 5.41) is 3.04. The Bertz CT molecular complexity index is 942. The summed E-state index contributed by atoms with van der Waals surface area (Å²) in [4.78, 5) is 24.4. The molecule has 0 unspecified atom stereocenters. The quantitative estimate of drug-likeness (QED) is 0.383. The monoisotopic (exact) mass is 513 g/mol. The second-order valence-corrected chi connectivity index (χ2v) is 7.88. The molecule has 2 aromatic rings. The summed E-state index contributed by atoms with van der Waals surface area (Å²) in [6.45, 7) is 4.04. The van der Waals surface area contributed by atoms with Crippen LogP contribution in [0.15, 0.2) is 40.9 Å². The number of hydrazine groups is 1. The molecule has 7 nitrogen and oxygen atoms in total. The lowest BCUT2D eigenvalue weighted by Gasteiger charge is -2.14. The predicted molar refractivity (Wildman–Crippen MR) is 123 cm³/mol. The Morgan fingerprint density at radius 1 is 1.13 bits per heavy atom. The Labute approximate surface area is 193 Å². The predicted octanol–water partition coefficient (Wildman–Crippen LogP) is 3.91. The van der Waals surface area contributed by atoms with Gasteiger partial charge in [-0.1, -0.05) is 34.5 Å². The first-order chi connectivity index (χ1) is 14.3. The van der Waals surface area contributed by atoms with Crippen molar-refractivity contribution < 1.29 is 19.1 Å². The molecule has 10 heteroatoms. The number of carbonyl (C=O) groups excluding carboxylic acids is 2. The van der Waals surface area contributed by atoms with E-state index in [1.165, 1.54) is 0 Å². The van der Waals surface area contributed by atoms with Gasteiger partial charge in [-0.15, -0.1) is 0 Å². The van der Waals surface area contributed by atoms with Gasteiger partial charge in [0, 0.05) is 9.50 Å². The van der Waals surface area contributed by atoms with Gasteiger partial charge in [0.15, 0.2) is 11.7 Å². The number of ether oxygens (including phenoxy) is 2. The van der Waals surface area contributed by atoms with Crippen molar-refractivity contribution in [3.05, 3.63) is 57.0 Å². The van der Waals surface area contributed by atoms with Crippen molar-refractivity contribution in [1.29, 1.82) is 0 Å². The second kappa shape index (κ2) is 11.7. The van der Waals surface area contributed by atoms with Crippen LogP contribution in [0.25, 0.3) is 0 Å². The summed E-state index contributed by atoms with van der Waals surface area (Å²) in [5.41, 5.74) is 5.98. The van der Waals surface area contributed by atoms with Gasteiger partial charge in [-0.2, -0.15) is 0 Å². The summed E-state index contributed by atoms with van der Waals surface area (Å²) in [6.07, 6.45) is 0.806. The number of carbonyl (C=O) groups is 2. The summed E-state index contributed by atoms with van der Waals surface area (Å²) in [5.74, 6) is 0.00361. The maximum atomic E-state index is 12.5. The van der Waals surface area contributed by atoms with E-state index < -0.39 is 11.8 Å². The lowest BCUT2D eigenvalue weighted by molar-refractivity contribution is -0.123. The molecule has 2 amide bonds. The smallest absolute Gasteiger partial charge is 0.276 e. The average molecular weight is 515 g/mol. The zero-order valence-electron chi connectivity index (χ0n) is 16.4. The van der Waals surface area contributed by atoms with Crippen molar-refractivity contribution in [2.45, 2.75) is 20.3 Å². The zero-order valence-corrected chi connectivity index (χ0v) is 19.5. The van der Waals surface area contributed by atoms with Crippen LogP contribution < -0.4 is 25.6 Å². The summed E-state index contributed by atoms with van der Waals surface area (Å²) in [7, 11) is 0. The molecule has 0 radical (unpaired) electrons. The molecule has 0 fully saturated rings. The minimum Gasteiger partial charge on any atom is -0.493 e. The molecular formula is C20H21BrClN3O4S. The summed E-state index contributed by atoms with van der Waals surface area (Å²) < 4.78 is 11.7. The molecule has 30 heavy (non-hydrogen) atoms. The molecule has 0 atom stereocenters. The number of hydrogen-bond acceptors (Lipinski definition) is 5. The molecule has 0 bridgehead atoms. The lowest BCUT2D eigenvalue weighted by Crippen LogP contribution is -2.49. The van der Waals surface area contributed by atoms with Gasteiger partial charge in [-0.3, -0.25) is 25.8 Å². The van der Waals surface area contributed by atoms with Crippen LogP contribution in [0.1, 0.15) is 29.3 Å². The van der Waals surface area contributed by atoms with Crippen molar-refractivity contribution >= 4 is 56.7 Å². The molecule has 0 heterocycles. The highest BCUT2D eigenvalue weighted by atomic mass is 79.9. The number of rotatable bonds is 7. The number of halogens is 2. The van der Waals surface area contributed by atoms with Crippen LogP contribution >= 0.6 is 39.7 Å². The number of nitrogens with one attached hydrogen (secondary N) is 3. The van der Waals surface area contributed by atoms with Crippen LogP contribution in [-0.2, 0) is 4.79 Å². The van der Waals surface area contributed by atoms with E-state index in [2.05, 4.69) is 32.1 Å². The van der Waals surface area contributed by atoms with E-state index in [0.717, 1.165) is 16.5 Å². The van der Waals surface area contributed by atoms with Crippen LogP contribution in [0.3, 0.4) is 0 Å². The Balaban J connectivity index is 1.83. The molecular weight excluding hydrogens is 494 g/mol. The fourth-order valence-corrected chi connectivity index (χ4v) is 2.86. The van der Waals surface area contributed by atoms with Gasteiger partial charge in [0.2, 0.25) is 0 Å². The number of amides is 2. The first-order valence-electron chi connectivity index (χ1n) is 9.01. The minimum absolute atomic E-state index is 0.0721. The van der Waals surface area contributed by atoms with Crippen molar-refractivity contribution in [3.8, 4) is 11.5 Å². The van der Waals surface area contributed by atoms with E-state index in [-0.39, 0.29) is 11.7 Å². The third-order valence-electron chi connectivity index (χ3n) is 3.69. The first kappa shape index (κ1) is 23.9. The summed E-state index contributed by atoms with van der Waals surface area (Å²) >= 11 is 14.3. The Morgan fingerprint density at radius 2 is 1.90 bits per heavy atom. The molecule has 2 aromatic carbocycles. The van der Waals surface area contributed by atoms with Gasteiger partial charge in [-0.05, 0) is 67.5 Å². The zero-order chi connectivity index (χ0) is 22.1. The van der Waals surface area contributed by atoms with Gasteiger partial charge in [-0.25, -0.2) is 0 Å². The largest absolute Gasteiger partial charge is 0.493 e. The summed E-state index contributed by atoms with van der Waals surface area (Å²) in [6, 6.07) is 10.2. The van der Waals surface area contributed by atoms with Gasteiger partial charge in [0.05, 0.1) is 12.2 Å². The molecule has 2 rings (SSSR count). The van der Waals surface area contributed by atoms with E-state index in [1.807, 2.05) is 13.8 Å². The van der Waals surface area contributed by atoms with Crippen LogP contribution in [0, 0.1) is 6.92 Å². The Morgan fingerprint density at radius 3 is 2.60 bits per heavy atom. The van der Waals surface area contributed by atoms with Gasteiger partial charge < -0.3 is 9.47 Å². The molecule has 0 spiro atoms. The number of thiocarbonyl (C=S) groups is 1. The molecule has 0 saturated heterocycles. The molecule has 0 aliphatic heterocycles. The third-order valence-corrected chi connectivity index (χ3v) is 4.81. The Kier molecular flexibility index (Phi) is 9.35. The van der Waals surface area contributed by atoms with Crippen LogP contribution in [0.5, 0.6) is 11.5 Å². The average Bonchev–Trinajstić information content (AvgIpc) is 2.72. The molecule has 0 aliphatic carbocycles. The van der Waals surface area contributed by atoms with Crippen molar-refractivity contribution in [3.63, 3.8) is 0 Å². The molecule has 0 saturated carbocycles. The van der Waals surface area contributed by atoms with Crippen LogP contribution in [-0.4, -0.2) is 30.1 Å². The van der Waals surface area contributed by atoms with Crippen LogP contribution in [0.2, 0.25) is 5.02 Å². The minimum atomic E-state index is -0.478. The van der Waals surface area contributed by atoms with Crippen molar-refractivity contribution in [2.24, 2.45) is 0 Å². The topological polar surface area (TPSA) is 88.7 Å². The first-order valence-corrected chi connectivity index (χ1v) is 10.6. The second-order valence-electron chi connectivity index (χ2n) is 6.15. The van der Waals surface area contributed by atoms with E-state index in [1.54, 1.807) is 36.4 Å². The number of hydrogen-bond donors (Lipinski definition) is 3. The van der Waals surface area contributed by atoms with E-state index >= 15 is 0 Å². The normalized spacial score (nSPS) is 10.1. The van der Waals surface area contributed by atoms with E-state index in [0.29, 0.717) is 28.7 Å². The molecule has 0 aliphatic rings. The highest BCUT2D eigenvalue weighted by Gasteiger charge is 2.15. The third kappa shape index (κ3) is 7.47. The Hall–Kier alpha value is -2.36. The van der Waals surface area contributed by atoms with Crippen LogP contribution in [0.4, 0.5) is 0 Å². The lowest BCUT2D eigenvalue weighted by atomic mass is 10.2. The van der Waals surface area contributed by atoms with E-state index in [9.17, 15) is 9.59 Å². The molecule has 160 valence electrons. The maximum absolute atomic E-state index is 12.5. The SMILES string of the molecule is CCCOc1ccc(Br)cc1C(=O)NC(=S)NNC(=O)COc1ccc(Cl)c(C)c1. The standard InChI is InChI=1S/C20H21BrClN3O4S/c1-3-8-28-17-7-4-13(21)10-15(17)19(27)23-20(30)25-24-18(26)11-29-14-5-6-16(22)12(2)9-14/h4-7,9-10H,3,8,11H2,1-2H3,(H,24,26)(H2,23,25,27,30). The number of aryl methyl sites for hydroxylation is 1. The van der Waals surface area contributed by atoms with Gasteiger partial charge in [0.25, 0.3) is 11.8 Å². The van der Waals surface area contributed by atoms with Crippen molar-refractivity contribution in [2.75, 3.05) is 13.2 Å². The highest BCUT2D eigenvalue weighted by Crippen LogP contribution is 2.23.